The van der Waals surface area contributed by atoms with Crippen molar-refractivity contribution in [1.29, 1.82) is 0 Å². The molecule has 2 heterocycles. The van der Waals surface area contributed by atoms with Crippen LogP contribution in [0.3, 0.4) is 0 Å². The normalized spacial score (nSPS) is 25.5. The summed E-state index contributed by atoms with van der Waals surface area (Å²) >= 11 is 0. The lowest BCUT2D eigenvalue weighted by atomic mass is 9.52. The molecule has 3 atom stereocenters. The average Bonchev–Trinajstić information content (AvgIpc) is 3.68. The quantitative estimate of drug-likeness (QED) is 0.330. The lowest BCUT2D eigenvalue weighted by molar-refractivity contribution is 0.0345. The molecule has 0 N–H and O–H groups in total. The second-order valence-corrected chi connectivity index (χ2v) is 13.9. The van der Waals surface area contributed by atoms with Gasteiger partial charge in [-0.05, 0) is 105 Å². The van der Waals surface area contributed by atoms with Gasteiger partial charge in [-0.25, -0.2) is 17.5 Å². The lowest BCUT2D eigenvalue weighted by Gasteiger charge is -2.54. The van der Waals surface area contributed by atoms with Gasteiger partial charge in [0.15, 0.2) is 9.84 Å². The predicted molar refractivity (Wildman–Crippen MR) is 146 cm³/mol. The van der Waals surface area contributed by atoms with Gasteiger partial charge in [-0.2, -0.15) is 0 Å². The molecule has 2 aromatic heterocycles. The standard InChI is InChI=1S/C31H31FN4O2S/c1-21-5-12-25(13-6-21)39(37,38)26-14-7-22-18-28-27(34-35-36(28)24-10-8-23(32)9-11-24)20-31(22,19-26)30(15-16-30)29-4-2-3-17-33-29/h2-6,8-13,17,22,26H,7,14-16,18-20H2,1H3/t22?,26-,31+/m0/s1. The summed E-state index contributed by atoms with van der Waals surface area (Å²) in [5.74, 6) is -0.0115. The van der Waals surface area contributed by atoms with Crippen LogP contribution >= 0.6 is 0 Å². The molecule has 0 spiro atoms. The fourth-order valence-corrected chi connectivity index (χ4v) is 9.43. The predicted octanol–water partition coefficient (Wildman–Crippen LogP) is 5.57. The summed E-state index contributed by atoms with van der Waals surface area (Å²) in [4.78, 5) is 5.23. The van der Waals surface area contributed by atoms with Gasteiger partial charge >= 0.3 is 0 Å². The van der Waals surface area contributed by atoms with Crippen LogP contribution in [-0.2, 0) is 28.1 Å². The van der Waals surface area contributed by atoms with Gasteiger partial charge in [-0.3, -0.25) is 4.98 Å². The Hall–Kier alpha value is -3.39. The number of rotatable bonds is 5. The highest BCUT2D eigenvalue weighted by Gasteiger charge is 2.67. The van der Waals surface area contributed by atoms with Crippen molar-refractivity contribution >= 4 is 9.84 Å². The Bertz CT molecular complexity index is 1630. The minimum absolute atomic E-state index is 0.169. The molecule has 2 saturated carbocycles. The molecular weight excluding hydrogens is 511 g/mol. The van der Waals surface area contributed by atoms with Crippen molar-refractivity contribution in [3.05, 3.63) is 101 Å². The van der Waals surface area contributed by atoms with Gasteiger partial charge in [-0.15, -0.1) is 5.10 Å². The maximum absolute atomic E-state index is 14.0. The molecule has 7 rings (SSSR count). The van der Waals surface area contributed by atoms with Gasteiger partial charge in [-0.1, -0.05) is 29.0 Å². The molecule has 39 heavy (non-hydrogen) atoms. The zero-order chi connectivity index (χ0) is 26.8. The highest BCUT2D eigenvalue weighted by molar-refractivity contribution is 7.92. The minimum Gasteiger partial charge on any atom is -0.261 e. The summed E-state index contributed by atoms with van der Waals surface area (Å²) in [5, 5.41) is 8.67. The van der Waals surface area contributed by atoms with Crippen molar-refractivity contribution < 1.29 is 12.8 Å². The number of fused-ring (bicyclic) bond motifs is 2. The molecule has 2 fully saturated rings. The number of pyridine rings is 1. The van der Waals surface area contributed by atoms with Gasteiger partial charge in [0.05, 0.1) is 27.2 Å². The van der Waals surface area contributed by atoms with Crippen LogP contribution in [0.1, 0.15) is 54.7 Å². The van der Waals surface area contributed by atoms with Gasteiger partial charge < -0.3 is 0 Å². The summed E-state index contributed by atoms with van der Waals surface area (Å²) in [6.07, 6.45) is 7.33. The third kappa shape index (κ3) is 3.78. The van der Waals surface area contributed by atoms with Gasteiger partial charge in [0.25, 0.3) is 0 Å². The van der Waals surface area contributed by atoms with Crippen LogP contribution in [0.2, 0.25) is 0 Å². The second kappa shape index (κ2) is 8.81. The average molecular weight is 543 g/mol. The van der Waals surface area contributed by atoms with E-state index in [4.69, 9.17) is 4.98 Å². The Morgan fingerprint density at radius 3 is 2.44 bits per heavy atom. The van der Waals surface area contributed by atoms with Gasteiger partial charge in [0, 0.05) is 23.7 Å². The zero-order valence-corrected chi connectivity index (χ0v) is 22.7. The van der Waals surface area contributed by atoms with E-state index in [0.717, 1.165) is 54.0 Å². The third-order valence-electron chi connectivity index (χ3n) is 9.69. The molecule has 3 aliphatic carbocycles. The Morgan fingerprint density at radius 2 is 1.74 bits per heavy atom. The largest absolute Gasteiger partial charge is 0.261 e. The second-order valence-electron chi connectivity index (χ2n) is 11.7. The summed E-state index contributed by atoms with van der Waals surface area (Å²) < 4.78 is 43.4. The van der Waals surface area contributed by atoms with Crippen LogP contribution in [0.15, 0.2) is 77.8 Å². The molecule has 0 saturated heterocycles. The van der Waals surface area contributed by atoms with Crippen LogP contribution in [0.25, 0.3) is 5.69 Å². The van der Waals surface area contributed by atoms with E-state index in [-0.39, 0.29) is 22.6 Å². The fraction of sp³-hybridized carbons (Fsp3) is 0.387. The third-order valence-corrected chi connectivity index (χ3v) is 11.9. The van der Waals surface area contributed by atoms with Crippen molar-refractivity contribution in [3.63, 3.8) is 0 Å². The van der Waals surface area contributed by atoms with Crippen molar-refractivity contribution in [2.75, 3.05) is 0 Å². The Kier molecular flexibility index (Phi) is 5.57. The summed E-state index contributed by atoms with van der Waals surface area (Å²) in [6.45, 7) is 1.97. The van der Waals surface area contributed by atoms with E-state index in [0.29, 0.717) is 24.2 Å². The molecule has 0 radical (unpaired) electrons. The Morgan fingerprint density at radius 1 is 0.974 bits per heavy atom. The first-order valence-electron chi connectivity index (χ1n) is 13.7. The molecule has 3 aliphatic rings. The fourth-order valence-electron chi connectivity index (χ4n) is 7.57. The number of aromatic nitrogens is 4. The van der Waals surface area contributed by atoms with Crippen LogP contribution in [0.5, 0.6) is 0 Å². The van der Waals surface area contributed by atoms with Crippen LogP contribution in [-0.4, -0.2) is 33.6 Å². The van der Waals surface area contributed by atoms with Crippen molar-refractivity contribution in [1.82, 2.24) is 20.0 Å². The SMILES string of the molecule is Cc1ccc(S(=O)(=O)[C@H]2CCC3Cc4c(nnn4-c4ccc(F)cc4)C[C@]3(C3(c4ccccn4)CC3)C2)cc1. The van der Waals surface area contributed by atoms with Crippen molar-refractivity contribution in [3.8, 4) is 5.69 Å². The zero-order valence-electron chi connectivity index (χ0n) is 21.9. The first-order valence-corrected chi connectivity index (χ1v) is 15.3. The Balaban J connectivity index is 1.33. The van der Waals surface area contributed by atoms with Gasteiger partial charge in [0.1, 0.15) is 5.82 Å². The summed E-state index contributed by atoms with van der Waals surface area (Å²) in [5.41, 5.74) is 4.43. The monoisotopic (exact) mass is 542 g/mol. The van der Waals surface area contributed by atoms with E-state index in [2.05, 4.69) is 16.4 Å². The number of aryl methyl sites for hydroxylation is 1. The van der Waals surface area contributed by atoms with Crippen LogP contribution < -0.4 is 0 Å². The highest BCUT2D eigenvalue weighted by atomic mass is 32.2. The minimum atomic E-state index is -3.50. The molecular formula is C31H31FN4O2S. The number of sulfone groups is 1. The van der Waals surface area contributed by atoms with Gasteiger partial charge in [0.2, 0.25) is 0 Å². The van der Waals surface area contributed by atoms with E-state index in [1.165, 1.54) is 12.1 Å². The molecule has 1 unspecified atom stereocenters. The number of hydrogen-bond donors (Lipinski definition) is 0. The number of halogens is 1. The maximum Gasteiger partial charge on any atom is 0.181 e. The van der Waals surface area contributed by atoms with E-state index < -0.39 is 15.1 Å². The molecule has 2 aromatic carbocycles. The summed E-state index contributed by atoms with van der Waals surface area (Å²) in [7, 11) is -3.50. The molecule has 4 aromatic rings. The number of benzene rings is 2. The molecule has 0 aliphatic heterocycles. The summed E-state index contributed by atoms with van der Waals surface area (Å²) in [6, 6.07) is 19.7. The maximum atomic E-state index is 14.0. The Labute approximate surface area is 228 Å². The topological polar surface area (TPSA) is 77.7 Å². The number of nitrogens with zero attached hydrogens (tertiary/aromatic N) is 4. The molecule has 200 valence electrons. The number of hydrogen-bond acceptors (Lipinski definition) is 5. The molecule has 0 bridgehead atoms. The van der Waals surface area contributed by atoms with E-state index in [9.17, 15) is 12.8 Å². The van der Waals surface area contributed by atoms with Crippen molar-refractivity contribution in [2.24, 2.45) is 11.3 Å². The first-order chi connectivity index (χ1) is 18.8. The van der Waals surface area contributed by atoms with Crippen LogP contribution in [0, 0.1) is 24.1 Å². The highest BCUT2D eigenvalue weighted by Crippen LogP contribution is 2.69. The lowest BCUT2D eigenvalue weighted by Crippen LogP contribution is -2.53. The molecule has 6 nitrogen and oxygen atoms in total. The van der Waals surface area contributed by atoms with E-state index in [1.54, 1.807) is 24.3 Å². The molecule has 0 amide bonds. The van der Waals surface area contributed by atoms with E-state index >= 15 is 0 Å². The molecule has 8 heteroatoms. The van der Waals surface area contributed by atoms with E-state index in [1.807, 2.05) is 42.1 Å². The van der Waals surface area contributed by atoms with Crippen LogP contribution in [0.4, 0.5) is 4.39 Å². The smallest absolute Gasteiger partial charge is 0.181 e. The van der Waals surface area contributed by atoms with Crippen molar-refractivity contribution in [2.45, 2.75) is 67.4 Å². The first kappa shape index (κ1) is 24.6.